The van der Waals surface area contributed by atoms with E-state index in [4.69, 9.17) is 0 Å². The molecule has 1 fully saturated rings. The van der Waals surface area contributed by atoms with Crippen LogP contribution in [0.1, 0.15) is 47.0 Å². The molecule has 1 aliphatic rings. The zero-order valence-corrected chi connectivity index (χ0v) is 10.3. The summed E-state index contributed by atoms with van der Waals surface area (Å²) in [5.74, 6) is -0.116. The second-order valence-electron chi connectivity index (χ2n) is 5.59. The topological polar surface area (TPSA) is 40.5 Å². The summed E-state index contributed by atoms with van der Waals surface area (Å²) in [5, 5.41) is 9.37. The molecule has 0 aromatic rings. The molecule has 1 saturated heterocycles. The molecule has 0 bridgehead atoms. The minimum atomic E-state index is -0.868. The number of aliphatic hydroxyl groups is 1. The van der Waals surface area contributed by atoms with Crippen molar-refractivity contribution in [1.29, 1.82) is 0 Å². The molecule has 1 aliphatic heterocycles. The van der Waals surface area contributed by atoms with Crippen molar-refractivity contribution in [2.75, 3.05) is 6.54 Å². The number of hydrogen-bond acceptors (Lipinski definition) is 2. The van der Waals surface area contributed by atoms with E-state index in [0.29, 0.717) is 0 Å². The summed E-state index contributed by atoms with van der Waals surface area (Å²) >= 11 is 0. The fourth-order valence-electron chi connectivity index (χ4n) is 2.34. The molecule has 1 heterocycles. The molecule has 0 spiro atoms. The Morgan fingerprint density at radius 3 is 2.47 bits per heavy atom. The van der Waals surface area contributed by atoms with Gasteiger partial charge in [-0.1, -0.05) is 20.8 Å². The molecule has 1 N–H and O–H groups in total. The number of amides is 1. The first-order chi connectivity index (χ1) is 6.84. The average molecular weight is 213 g/mol. The van der Waals surface area contributed by atoms with Gasteiger partial charge in [-0.25, -0.2) is 0 Å². The number of rotatable bonds is 1. The van der Waals surface area contributed by atoms with Crippen LogP contribution in [0.25, 0.3) is 0 Å². The Balaban J connectivity index is 2.79. The van der Waals surface area contributed by atoms with Gasteiger partial charge in [-0.2, -0.15) is 0 Å². The van der Waals surface area contributed by atoms with Gasteiger partial charge < -0.3 is 10.0 Å². The predicted octanol–water partition coefficient (Wildman–Crippen LogP) is 1.79. The van der Waals surface area contributed by atoms with E-state index in [1.807, 2.05) is 4.90 Å². The number of likely N-dealkylation sites (tertiary alicyclic amines) is 1. The number of carbonyl (C=O) groups is 1. The second-order valence-corrected chi connectivity index (χ2v) is 5.59. The standard InChI is InChI=1S/C12H23NO2/c1-9(14)11(15)13-8-6-5-7-10(13)12(2,3)4/h9-10,14H,5-8H2,1-4H3. The van der Waals surface area contributed by atoms with Crippen LogP contribution in [0.3, 0.4) is 0 Å². The van der Waals surface area contributed by atoms with Crippen molar-refractivity contribution in [2.24, 2.45) is 5.41 Å². The van der Waals surface area contributed by atoms with E-state index in [0.717, 1.165) is 19.4 Å². The Hall–Kier alpha value is -0.570. The number of hydrogen-bond donors (Lipinski definition) is 1. The molecule has 0 aromatic carbocycles. The molecular formula is C12H23NO2. The minimum Gasteiger partial charge on any atom is -0.384 e. The van der Waals surface area contributed by atoms with Crippen molar-refractivity contribution >= 4 is 5.91 Å². The van der Waals surface area contributed by atoms with Crippen LogP contribution >= 0.6 is 0 Å². The summed E-state index contributed by atoms with van der Waals surface area (Å²) in [5.41, 5.74) is 0.102. The summed E-state index contributed by atoms with van der Waals surface area (Å²) in [7, 11) is 0. The molecule has 88 valence electrons. The second kappa shape index (κ2) is 4.52. The maximum absolute atomic E-state index is 11.8. The summed E-state index contributed by atoms with van der Waals surface area (Å²) in [6.45, 7) is 8.82. The molecule has 3 heteroatoms. The fraction of sp³-hybridized carbons (Fsp3) is 0.917. The summed E-state index contributed by atoms with van der Waals surface area (Å²) in [4.78, 5) is 13.7. The molecule has 2 atom stereocenters. The lowest BCUT2D eigenvalue weighted by molar-refractivity contribution is -0.146. The van der Waals surface area contributed by atoms with Crippen LogP contribution in [-0.2, 0) is 4.79 Å². The first-order valence-electron chi connectivity index (χ1n) is 5.82. The largest absolute Gasteiger partial charge is 0.384 e. The monoisotopic (exact) mass is 213 g/mol. The normalized spacial score (nSPS) is 25.1. The van der Waals surface area contributed by atoms with Crippen molar-refractivity contribution in [1.82, 2.24) is 4.90 Å². The Kier molecular flexibility index (Phi) is 3.77. The van der Waals surface area contributed by atoms with E-state index >= 15 is 0 Å². The van der Waals surface area contributed by atoms with Gasteiger partial charge in [0.25, 0.3) is 5.91 Å². The molecule has 1 amide bonds. The van der Waals surface area contributed by atoms with Gasteiger partial charge in [0.05, 0.1) is 0 Å². The van der Waals surface area contributed by atoms with E-state index in [1.165, 1.54) is 6.42 Å². The predicted molar refractivity (Wildman–Crippen MR) is 60.5 cm³/mol. The summed E-state index contributed by atoms with van der Waals surface area (Å²) < 4.78 is 0. The van der Waals surface area contributed by atoms with Crippen molar-refractivity contribution in [3.8, 4) is 0 Å². The third kappa shape index (κ3) is 2.94. The van der Waals surface area contributed by atoms with Gasteiger partial charge in [0, 0.05) is 12.6 Å². The highest BCUT2D eigenvalue weighted by Gasteiger charge is 2.36. The molecule has 1 rings (SSSR count). The Morgan fingerprint density at radius 1 is 1.40 bits per heavy atom. The molecular weight excluding hydrogens is 190 g/mol. The summed E-state index contributed by atoms with van der Waals surface area (Å²) in [6, 6.07) is 0.272. The van der Waals surface area contributed by atoms with Crippen molar-refractivity contribution in [3.05, 3.63) is 0 Å². The smallest absolute Gasteiger partial charge is 0.251 e. The third-order valence-electron chi connectivity index (χ3n) is 3.14. The summed E-state index contributed by atoms with van der Waals surface area (Å²) in [6.07, 6.45) is 2.44. The quantitative estimate of drug-likeness (QED) is 0.721. The van der Waals surface area contributed by atoms with E-state index < -0.39 is 6.10 Å². The van der Waals surface area contributed by atoms with Gasteiger partial charge in [-0.3, -0.25) is 4.79 Å². The van der Waals surface area contributed by atoms with Gasteiger partial charge in [0.1, 0.15) is 6.10 Å². The Bertz CT molecular complexity index is 230. The molecule has 0 saturated carbocycles. The van der Waals surface area contributed by atoms with Crippen LogP contribution in [0.2, 0.25) is 0 Å². The van der Waals surface area contributed by atoms with Crippen molar-refractivity contribution in [2.45, 2.75) is 59.1 Å². The van der Waals surface area contributed by atoms with Gasteiger partial charge in [-0.15, -0.1) is 0 Å². The molecule has 3 nitrogen and oxygen atoms in total. The zero-order chi connectivity index (χ0) is 11.6. The highest BCUT2D eigenvalue weighted by atomic mass is 16.3. The average Bonchev–Trinajstić information content (AvgIpc) is 2.15. The molecule has 15 heavy (non-hydrogen) atoms. The maximum atomic E-state index is 11.8. The highest BCUT2D eigenvalue weighted by Crippen LogP contribution is 2.32. The lowest BCUT2D eigenvalue weighted by Crippen LogP contribution is -2.52. The third-order valence-corrected chi connectivity index (χ3v) is 3.14. The number of aliphatic hydroxyl groups excluding tert-OH is 1. The highest BCUT2D eigenvalue weighted by molar-refractivity contribution is 5.80. The van der Waals surface area contributed by atoms with Crippen LogP contribution in [0.4, 0.5) is 0 Å². The minimum absolute atomic E-state index is 0.102. The molecule has 0 aromatic heterocycles. The van der Waals surface area contributed by atoms with E-state index in [2.05, 4.69) is 20.8 Å². The number of piperidine rings is 1. The van der Waals surface area contributed by atoms with Gasteiger partial charge >= 0.3 is 0 Å². The van der Waals surface area contributed by atoms with Crippen LogP contribution in [0, 0.1) is 5.41 Å². The van der Waals surface area contributed by atoms with Crippen LogP contribution in [0.5, 0.6) is 0 Å². The first kappa shape index (κ1) is 12.5. The van der Waals surface area contributed by atoms with Crippen LogP contribution in [0.15, 0.2) is 0 Å². The van der Waals surface area contributed by atoms with E-state index in [1.54, 1.807) is 6.92 Å². The molecule has 2 unspecified atom stereocenters. The van der Waals surface area contributed by atoms with Gasteiger partial charge in [-0.05, 0) is 31.6 Å². The Labute approximate surface area is 92.5 Å². The lowest BCUT2D eigenvalue weighted by atomic mass is 9.80. The fourth-order valence-corrected chi connectivity index (χ4v) is 2.34. The van der Waals surface area contributed by atoms with Crippen molar-refractivity contribution < 1.29 is 9.90 Å². The zero-order valence-electron chi connectivity index (χ0n) is 10.3. The van der Waals surface area contributed by atoms with Gasteiger partial charge in [0.2, 0.25) is 0 Å². The van der Waals surface area contributed by atoms with Crippen molar-refractivity contribution in [3.63, 3.8) is 0 Å². The SMILES string of the molecule is CC(O)C(=O)N1CCCCC1C(C)(C)C. The first-order valence-corrected chi connectivity index (χ1v) is 5.82. The van der Waals surface area contributed by atoms with E-state index in [9.17, 15) is 9.90 Å². The number of carbonyl (C=O) groups excluding carboxylic acids is 1. The maximum Gasteiger partial charge on any atom is 0.251 e. The molecule has 0 aliphatic carbocycles. The Morgan fingerprint density at radius 2 is 2.00 bits per heavy atom. The van der Waals surface area contributed by atoms with E-state index in [-0.39, 0.29) is 17.4 Å². The van der Waals surface area contributed by atoms with Gasteiger partial charge in [0.15, 0.2) is 0 Å². The number of nitrogens with zero attached hydrogens (tertiary/aromatic N) is 1. The van der Waals surface area contributed by atoms with Crippen LogP contribution < -0.4 is 0 Å². The lowest BCUT2D eigenvalue weighted by Gasteiger charge is -2.43. The molecule has 0 radical (unpaired) electrons. The van der Waals surface area contributed by atoms with Crippen LogP contribution in [-0.4, -0.2) is 34.6 Å².